The molecule has 0 aromatic carbocycles. The van der Waals surface area contributed by atoms with Crippen LogP contribution in [0.15, 0.2) is 0 Å². The lowest BCUT2D eigenvalue weighted by Gasteiger charge is -2.13. The summed E-state index contributed by atoms with van der Waals surface area (Å²) in [6, 6.07) is 0. The SMILES string of the molecule is CNc1nc(C(=O)NCCOC)c(NC)nc1C(=O)NCCN. The summed E-state index contributed by atoms with van der Waals surface area (Å²) < 4.78 is 4.88. The number of methoxy groups -OCH3 is 1. The summed E-state index contributed by atoms with van der Waals surface area (Å²) in [6.45, 7) is 1.35. The van der Waals surface area contributed by atoms with Crippen molar-refractivity contribution in [3.05, 3.63) is 11.4 Å². The number of anilines is 2. The van der Waals surface area contributed by atoms with Crippen LogP contribution in [-0.4, -0.2) is 69.2 Å². The first-order chi connectivity index (χ1) is 11.1. The normalized spacial score (nSPS) is 10.1. The molecule has 0 bridgehead atoms. The average Bonchev–Trinajstić information content (AvgIpc) is 2.58. The molecule has 0 aliphatic rings. The Kier molecular flexibility index (Phi) is 7.71. The molecule has 2 amide bonds. The maximum absolute atomic E-state index is 12.2. The number of nitrogens with two attached hydrogens (primary N) is 1. The smallest absolute Gasteiger partial charge is 0.273 e. The summed E-state index contributed by atoms with van der Waals surface area (Å²) >= 11 is 0. The van der Waals surface area contributed by atoms with Gasteiger partial charge in [0.15, 0.2) is 23.0 Å². The predicted molar refractivity (Wildman–Crippen MR) is 86.7 cm³/mol. The molecule has 0 aliphatic carbocycles. The van der Waals surface area contributed by atoms with Crippen molar-refractivity contribution in [2.75, 3.05) is 58.1 Å². The number of hydrogen-bond donors (Lipinski definition) is 5. The minimum absolute atomic E-state index is 0.0822. The highest BCUT2D eigenvalue weighted by Crippen LogP contribution is 2.17. The van der Waals surface area contributed by atoms with E-state index in [0.717, 1.165) is 0 Å². The van der Waals surface area contributed by atoms with E-state index in [1.165, 1.54) is 0 Å². The lowest BCUT2D eigenvalue weighted by molar-refractivity contribution is 0.0925. The molecule has 6 N–H and O–H groups in total. The summed E-state index contributed by atoms with van der Waals surface area (Å²) in [5.74, 6) is -0.424. The largest absolute Gasteiger partial charge is 0.383 e. The molecular weight excluding hydrogens is 302 g/mol. The van der Waals surface area contributed by atoms with E-state index in [1.807, 2.05) is 0 Å². The molecule has 0 unspecified atom stereocenters. The fourth-order valence-electron chi connectivity index (χ4n) is 1.72. The van der Waals surface area contributed by atoms with E-state index in [9.17, 15) is 9.59 Å². The molecule has 1 aromatic rings. The molecule has 23 heavy (non-hydrogen) atoms. The Morgan fingerprint density at radius 3 is 1.87 bits per heavy atom. The van der Waals surface area contributed by atoms with Gasteiger partial charge in [-0.3, -0.25) is 9.59 Å². The molecule has 0 aliphatic heterocycles. The molecule has 0 fully saturated rings. The Labute approximate surface area is 134 Å². The van der Waals surface area contributed by atoms with Crippen molar-refractivity contribution >= 4 is 23.5 Å². The second-order valence-electron chi connectivity index (χ2n) is 4.41. The van der Waals surface area contributed by atoms with E-state index >= 15 is 0 Å². The number of ether oxygens (including phenoxy) is 1. The summed E-state index contributed by atoms with van der Waals surface area (Å²) in [4.78, 5) is 32.6. The van der Waals surface area contributed by atoms with Crippen LogP contribution in [0.5, 0.6) is 0 Å². The molecule has 0 spiro atoms. The van der Waals surface area contributed by atoms with Gasteiger partial charge in [-0.15, -0.1) is 0 Å². The minimum Gasteiger partial charge on any atom is -0.383 e. The van der Waals surface area contributed by atoms with E-state index in [1.54, 1.807) is 21.2 Å². The topological polar surface area (TPSA) is 143 Å². The third kappa shape index (κ3) is 5.04. The number of carbonyl (C=O) groups excluding carboxylic acids is 2. The van der Waals surface area contributed by atoms with Gasteiger partial charge in [0.05, 0.1) is 6.61 Å². The first-order valence-electron chi connectivity index (χ1n) is 7.11. The van der Waals surface area contributed by atoms with Crippen LogP contribution in [0.25, 0.3) is 0 Å². The van der Waals surface area contributed by atoms with Crippen molar-refractivity contribution in [1.29, 1.82) is 0 Å². The molecule has 0 saturated heterocycles. The molecule has 0 radical (unpaired) electrons. The van der Waals surface area contributed by atoms with Crippen LogP contribution >= 0.6 is 0 Å². The first-order valence-corrected chi connectivity index (χ1v) is 7.11. The highest BCUT2D eigenvalue weighted by molar-refractivity contribution is 6.01. The zero-order valence-corrected chi connectivity index (χ0v) is 13.5. The molecule has 10 nitrogen and oxygen atoms in total. The molecule has 10 heteroatoms. The fourth-order valence-corrected chi connectivity index (χ4v) is 1.72. The van der Waals surface area contributed by atoms with Crippen LogP contribution in [0.3, 0.4) is 0 Å². The van der Waals surface area contributed by atoms with Crippen LogP contribution in [0.4, 0.5) is 11.6 Å². The fraction of sp³-hybridized carbons (Fsp3) is 0.538. The Morgan fingerprint density at radius 1 is 1.00 bits per heavy atom. The third-order valence-electron chi connectivity index (χ3n) is 2.82. The maximum Gasteiger partial charge on any atom is 0.273 e. The standard InChI is InChI=1S/C13H23N7O3/c1-15-10-8(12(21)17-5-4-14)19-11(16-2)9(20-10)13(22)18-6-7-23-3/h4-7,14H2,1-3H3,(H,15,20)(H,16,19)(H,17,21)(H,18,22). The van der Waals surface area contributed by atoms with E-state index < -0.39 is 11.8 Å². The van der Waals surface area contributed by atoms with Gasteiger partial charge < -0.3 is 31.7 Å². The molecule has 1 rings (SSSR count). The number of hydrogen-bond acceptors (Lipinski definition) is 8. The van der Waals surface area contributed by atoms with Crippen LogP contribution in [-0.2, 0) is 4.74 Å². The Morgan fingerprint density at radius 2 is 1.48 bits per heavy atom. The summed E-state index contributed by atoms with van der Waals surface area (Å²) in [6.07, 6.45) is 0. The van der Waals surface area contributed by atoms with Gasteiger partial charge in [0.1, 0.15) is 0 Å². The number of carbonyl (C=O) groups is 2. The van der Waals surface area contributed by atoms with E-state index in [2.05, 4.69) is 31.2 Å². The molecule has 1 aromatic heterocycles. The van der Waals surface area contributed by atoms with Crippen LogP contribution < -0.4 is 27.0 Å². The monoisotopic (exact) mass is 325 g/mol. The van der Waals surface area contributed by atoms with Crippen molar-refractivity contribution < 1.29 is 14.3 Å². The van der Waals surface area contributed by atoms with E-state index in [-0.39, 0.29) is 23.0 Å². The van der Waals surface area contributed by atoms with Crippen LogP contribution in [0.1, 0.15) is 21.0 Å². The van der Waals surface area contributed by atoms with Crippen molar-refractivity contribution in [3.8, 4) is 0 Å². The van der Waals surface area contributed by atoms with Gasteiger partial charge in [-0.05, 0) is 0 Å². The average molecular weight is 325 g/mol. The Balaban J connectivity index is 3.09. The molecule has 128 valence electrons. The van der Waals surface area contributed by atoms with Crippen LogP contribution in [0, 0.1) is 0 Å². The highest BCUT2D eigenvalue weighted by atomic mass is 16.5. The lowest BCUT2D eigenvalue weighted by atomic mass is 10.3. The van der Waals surface area contributed by atoms with Crippen molar-refractivity contribution in [2.45, 2.75) is 0 Å². The summed E-state index contributed by atoms with van der Waals surface area (Å²) in [7, 11) is 4.73. The van der Waals surface area contributed by atoms with Gasteiger partial charge in [0.2, 0.25) is 0 Å². The minimum atomic E-state index is -0.421. The van der Waals surface area contributed by atoms with Crippen molar-refractivity contribution in [1.82, 2.24) is 20.6 Å². The predicted octanol–water partition coefficient (Wildman–Crippen LogP) is -1.38. The lowest BCUT2D eigenvalue weighted by Crippen LogP contribution is -2.32. The number of nitrogens with one attached hydrogen (secondary N) is 4. The van der Waals surface area contributed by atoms with E-state index in [4.69, 9.17) is 10.5 Å². The van der Waals surface area contributed by atoms with E-state index in [0.29, 0.717) is 26.2 Å². The van der Waals surface area contributed by atoms with Crippen molar-refractivity contribution in [2.24, 2.45) is 5.73 Å². The second-order valence-corrected chi connectivity index (χ2v) is 4.41. The molecular formula is C13H23N7O3. The van der Waals surface area contributed by atoms with Crippen LogP contribution in [0.2, 0.25) is 0 Å². The van der Waals surface area contributed by atoms with Gasteiger partial charge in [0, 0.05) is 40.8 Å². The Hall–Kier alpha value is -2.46. The van der Waals surface area contributed by atoms with Gasteiger partial charge in [-0.1, -0.05) is 0 Å². The number of rotatable bonds is 9. The number of nitrogens with zero attached hydrogens (tertiary/aromatic N) is 2. The van der Waals surface area contributed by atoms with Gasteiger partial charge in [-0.25, -0.2) is 9.97 Å². The molecule has 0 saturated carbocycles. The van der Waals surface area contributed by atoms with Crippen molar-refractivity contribution in [3.63, 3.8) is 0 Å². The van der Waals surface area contributed by atoms with Gasteiger partial charge in [0.25, 0.3) is 11.8 Å². The third-order valence-corrected chi connectivity index (χ3v) is 2.82. The first kappa shape index (κ1) is 18.6. The zero-order chi connectivity index (χ0) is 17.2. The number of amides is 2. The second kappa shape index (κ2) is 9.54. The van der Waals surface area contributed by atoms with Gasteiger partial charge in [-0.2, -0.15) is 0 Å². The summed E-state index contributed by atoms with van der Waals surface area (Å²) in [5, 5.41) is 10.8. The zero-order valence-electron chi connectivity index (χ0n) is 13.5. The quantitative estimate of drug-likeness (QED) is 0.350. The Bertz CT molecular complexity index is 551. The highest BCUT2D eigenvalue weighted by Gasteiger charge is 2.21. The number of aromatic nitrogens is 2. The molecule has 1 heterocycles. The van der Waals surface area contributed by atoms with Gasteiger partial charge >= 0.3 is 0 Å². The summed E-state index contributed by atoms with van der Waals surface area (Å²) in [5.41, 5.74) is 5.53. The maximum atomic E-state index is 12.2. The molecule has 0 atom stereocenters.